The molecule has 1 aliphatic rings. The second kappa shape index (κ2) is 11.1. The van der Waals surface area contributed by atoms with E-state index < -0.39 is 18.4 Å². The SMILES string of the molecule is CCC[CH2][Sn]([CH2]CCC)([CH2]CCC)[CH]1SCCCS1. The number of rotatable bonds is 10. The van der Waals surface area contributed by atoms with Crippen molar-refractivity contribution in [2.75, 3.05) is 11.5 Å². The van der Waals surface area contributed by atoms with Gasteiger partial charge in [-0.1, -0.05) is 0 Å². The summed E-state index contributed by atoms with van der Waals surface area (Å²) in [6.45, 7) is 7.16. The van der Waals surface area contributed by atoms with Crippen LogP contribution in [0.3, 0.4) is 0 Å². The molecule has 1 saturated heterocycles. The summed E-state index contributed by atoms with van der Waals surface area (Å²) in [4.78, 5) is 0. The van der Waals surface area contributed by atoms with Gasteiger partial charge in [0.05, 0.1) is 0 Å². The van der Waals surface area contributed by atoms with Gasteiger partial charge in [-0.15, -0.1) is 0 Å². The van der Waals surface area contributed by atoms with E-state index >= 15 is 0 Å². The second-order valence-corrected chi connectivity index (χ2v) is 24.9. The molecule has 0 unspecified atom stereocenters. The molecule has 0 atom stereocenters. The van der Waals surface area contributed by atoms with Gasteiger partial charge in [-0.3, -0.25) is 0 Å². The molecule has 1 fully saturated rings. The van der Waals surface area contributed by atoms with Gasteiger partial charge in [0.1, 0.15) is 0 Å². The van der Waals surface area contributed by atoms with Crippen molar-refractivity contribution in [3.8, 4) is 0 Å². The number of thioether (sulfide) groups is 2. The number of unbranched alkanes of at least 4 members (excludes halogenated alkanes) is 3. The minimum atomic E-state index is -1.89. The van der Waals surface area contributed by atoms with Crippen molar-refractivity contribution < 1.29 is 0 Å². The van der Waals surface area contributed by atoms with E-state index in [4.69, 9.17) is 0 Å². The summed E-state index contributed by atoms with van der Waals surface area (Å²) >= 11 is 2.86. The zero-order valence-electron chi connectivity index (χ0n) is 13.4. The molecule has 1 heterocycles. The Kier molecular flexibility index (Phi) is 10.9. The van der Waals surface area contributed by atoms with E-state index in [0.717, 1.165) is 2.60 Å². The Morgan fingerprint density at radius 1 is 0.789 bits per heavy atom. The van der Waals surface area contributed by atoms with Gasteiger partial charge >= 0.3 is 135 Å². The van der Waals surface area contributed by atoms with E-state index in [2.05, 4.69) is 44.3 Å². The third-order valence-electron chi connectivity index (χ3n) is 4.41. The average Bonchev–Trinajstić information content (AvgIpc) is 2.48. The van der Waals surface area contributed by atoms with Crippen LogP contribution in [-0.2, 0) is 0 Å². The van der Waals surface area contributed by atoms with Crippen LogP contribution in [0, 0.1) is 0 Å². The first kappa shape index (κ1) is 18.5. The molecule has 0 aliphatic carbocycles. The summed E-state index contributed by atoms with van der Waals surface area (Å²) in [7, 11) is 0. The molecule has 19 heavy (non-hydrogen) atoms. The van der Waals surface area contributed by atoms with Gasteiger partial charge in [0.25, 0.3) is 0 Å². The molecule has 0 aromatic carbocycles. The Balaban J connectivity index is 2.73. The van der Waals surface area contributed by atoms with E-state index in [0.29, 0.717) is 0 Å². The van der Waals surface area contributed by atoms with E-state index in [1.807, 2.05) is 0 Å². The number of hydrogen-bond acceptors (Lipinski definition) is 2. The van der Waals surface area contributed by atoms with Crippen molar-refractivity contribution in [3.05, 3.63) is 0 Å². The quantitative estimate of drug-likeness (QED) is 0.374. The molecule has 0 saturated carbocycles. The molecule has 3 heteroatoms. The molecule has 1 rings (SSSR count). The summed E-state index contributed by atoms with van der Waals surface area (Å²) < 4.78 is 6.18. The van der Waals surface area contributed by atoms with Gasteiger partial charge in [0.2, 0.25) is 0 Å². The standard InChI is InChI=1S/C4H7S2.3C4H9.Sn/c1-2-5-4-6-3-1;3*1-3-4-2;/h4H,1-3H2;3*1,3-4H2,2H3;. The summed E-state index contributed by atoms with van der Waals surface area (Å²) in [6.07, 6.45) is 10.3. The average molecular weight is 409 g/mol. The maximum absolute atomic E-state index is 2.39. The van der Waals surface area contributed by atoms with E-state index in [9.17, 15) is 0 Å². The van der Waals surface area contributed by atoms with Crippen LogP contribution in [0.1, 0.15) is 65.7 Å². The molecule has 0 radical (unpaired) electrons. The first-order valence-electron chi connectivity index (χ1n) is 8.52. The van der Waals surface area contributed by atoms with Crippen molar-refractivity contribution in [2.24, 2.45) is 0 Å². The Morgan fingerprint density at radius 2 is 1.21 bits per heavy atom. The van der Waals surface area contributed by atoms with Crippen LogP contribution in [0.25, 0.3) is 0 Å². The van der Waals surface area contributed by atoms with Crippen LogP contribution >= 0.6 is 23.5 Å². The van der Waals surface area contributed by atoms with Crippen LogP contribution in [0.2, 0.25) is 13.3 Å². The van der Waals surface area contributed by atoms with Gasteiger partial charge in [-0.2, -0.15) is 0 Å². The van der Waals surface area contributed by atoms with Crippen LogP contribution in [0.15, 0.2) is 0 Å². The fourth-order valence-electron chi connectivity index (χ4n) is 3.16. The van der Waals surface area contributed by atoms with Crippen LogP contribution in [0.4, 0.5) is 0 Å². The van der Waals surface area contributed by atoms with Crippen molar-refractivity contribution in [3.63, 3.8) is 0 Å². The van der Waals surface area contributed by atoms with Crippen molar-refractivity contribution in [1.29, 1.82) is 0 Å². The van der Waals surface area contributed by atoms with Crippen LogP contribution in [-0.4, -0.2) is 32.5 Å². The van der Waals surface area contributed by atoms with Crippen LogP contribution < -0.4 is 0 Å². The van der Waals surface area contributed by atoms with Crippen LogP contribution in [0.5, 0.6) is 0 Å². The second-order valence-electron chi connectivity index (χ2n) is 6.10. The summed E-state index contributed by atoms with van der Waals surface area (Å²) in [5, 5.41) is 0. The van der Waals surface area contributed by atoms with E-state index in [1.54, 1.807) is 13.3 Å². The molecule has 114 valence electrons. The van der Waals surface area contributed by atoms with Crippen molar-refractivity contribution >= 4 is 41.9 Å². The first-order chi connectivity index (χ1) is 9.29. The van der Waals surface area contributed by atoms with Crippen molar-refractivity contribution in [2.45, 2.75) is 81.6 Å². The summed E-state index contributed by atoms with van der Waals surface area (Å²) in [5.41, 5.74) is 0. The predicted molar refractivity (Wildman–Crippen MR) is 98.2 cm³/mol. The molecular formula is C16H34S2Sn. The normalized spacial score (nSPS) is 17.8. The minimum absolute atomic E-state index is 1.10. The fourth-order valence-corrected chi connectivity index (χ4v) is 32.1. The molecule has 0 aromatic rings. The first-order valence-corrected chi connectivity index (χ1v) is 18.3. The third kappa shape index (κ3) is 6.42. The maximum atomic E-state index is 2.39. The number of hydrogen-bond donors (Lipinski definition) is 0. The molecular weight excluding hydrogens is 375 g/mol. The van der Waals surface area contributed by atoms with E-state index in [1.165, 1.54) is 56.5 Å². The Bertz CT molecular complexity index is 193. The topological polar surface area (TPSA) is 0 Å². The Morgan fingerprint density at radius 3 is 1.58 bits per heavy atom. The molecule has 1 aliphatic heterocycles. The van der Waals surface area contributed by atoms with E-state index in [-0.39, 0.29) is 0 Å². The molecule has 0 spiro atoms. The zero-order valence-corrected chi connectivity index (χ0v) is 17.9. The zero-order chi connectivity index (χ0) is 14.0. The van der Waals surface area contributed by atoms with Gasteiger partial charge in [0.15, 0.2) is 0 Å². The summed E-state index contributed by atoms with van der Waals surface area (Å²) in [5.74, 6) is 2.92. The molecule has 0 nitrogen and oxygen atoms in total. The molecule has 0 N–H and O–H groups in total. The Hall–Kier alpha value is 1.50. The third-order valence-corrected chi connectivity index (χ3v) is 30.9. The van der Waals surface area contributed by atoms with Gasteiger partial charge < -0.3 is 0 Å². The van der Waals surface area contributed by atoms with Gasteiger partial charge in [0, 0.05) is 0 Å². The molecule has 0 bridgehead atoms. The molecule has 0 aromatic heterocycles. The van der Waals surface area contributed by atoms with Crippen molar-refractivity contribution in [1.82, 2.24) is 0 Å². The Labute approximate surface area is 134 Å². The monoisotopic (exact) mass is 410 g/mol. The fraction of sp³-hybridized carbons (Fsp3) is 1.00. The van der Waals surface area contributed by atoms with Gasteiger partial charge in [-0.25, -0.2) is 0 Å². The van der Waals surface area contributed by atoms with Gasteiger partial charge in [-0.05, 0) is 0 Å². The predicted octanol–water partition coefficient (Wildman–Crippen LogP) is 6.57. The summed E-state index contributed by atoms with van der Waals surface area (Å²) in [6, 6.07) is 0. The molecule has 0 amide bonds.